The Morgan fingerprint density at radius 1 is 1.45 bits per heavy atom. The fourth-order valence-corrected chi connectivity index (χ4v) is 3.39. The number of hydrogen-bond donors (Lipinski definition) is 3. The van der Waals surface area contributed by atoms with Crippen LogP contribution in [-0.4, -0.2) is 36.6 Å². The van der Waals surface area contributed by atoms with Gasteiger partial charge in [-0.05, 0) is 18.8 Å². The van der Waals surface area contributed by atoms with E-state index in [1.54, 1.807) is 0 Å². The number of rotatable bonds is 5. The molecule has 2 fully saturated rings. The molecule has 1 saturated heterocycles. The second-order valence-electron chi connectivity index (χ2n) is 5.69. The van der Waals surface area contributed by atoms with Crippen molar-refractivity contribution >= 4 is 28.2 Å². The quantitative estimate of drug-likeness (QED) is 0.746. The van der Waals surface area contributed by atoms with Crippen LogP contribution in [0.4, 0.5) is 10.9 Å². The zero-order chi connectivity index (χ0) is 14.1. The summed E-state index contributed by atoms with van der Waals surface area (Å²) >= 11 is 1.36. The van der Waals surface area contributed by atoms with Gasteiger partial charge in [0.2, 0.25) is 0 Å². The Labute approximate surface area is 122 Å². The molecule has 1 aromatic heterocycles. The average Bonchev–Trinajstić information content (AvgIpc) is 3.00. The Kier molecular flexibility index (Phi) is 3.80. The number of nitrogen functional groups attached to an aromatic ring is 1. The SMILES string of the molecule is Nc1nc(N2CCC(N)C2)sc1C(=O)NCCC1CC1. The van der Waals surface area contributed by atoms with Gasteiger partial charge in [-0.1, -0.05) is 24.2 Å². The van der Waals surface area contributed by atoms with E-state index in [0.29, 0.717) is 10.7 Å². The highest BCUT2D eigenvalue weighted by atomic mass is 32.1. The van der Waals surface area contributed by atoms with Crippen molar-refractivity contribution in [2.75, 3.05) is 30.3 Å². The molecule has 20 heavy (non-hydrogen) atoms. The number of hydrogen-bond acceptors (Lipinski definition) is 6. The van der Waals surface area contributed by atoms with E-state index in [9.17, 15) is 4.79 Å². The summed E-state index contributed by atoms with van der Waals surface area (Å²) in [4.78, 5) is 19.0. The van der Waals surface area contributed by atoms with Gasteiger partial charge >= 0.3 is 0 Å². The van der Waals surface area contributed by atoms with Gasteiger partial charge in [0.15, 0.2) is 5.13 Å². The molecule has 1 unspecified atom stereocenters. The summed E-state index contributed by atoms with van der Waals surface area (Å²) in [7, 11) is 0. The van der Waals surface area contributed by atoms with Gasteiger partial charge < -0.3 is 21.7 Å². The number of thiazole rings is 1. The summed E-state index contributed by atoms with van der Waals surface area (Å²) in [5.74, 6) is 1.04. The minimum atomic E-state index is -0.101. The highest BCUT2D eigenvalue weighted by molar-refractivity contribution is 7.18. The van der Waals surface area contributed by atoms with E-state index in [1.807, 2.05) is 0 Å². The normalized spacial score (nSPS) is 22.2. The fraction of sp³-hybridized carbons (Fsp3) is 0.692. The first kappa shape index (κ1) is 13.6. The van der Waals surface area contributed by atoms with Gasteiger partial charge in [-0.15, -0.1) is 0 Å². The number of anilines is 2. The Morgan fingerprint density at radius 3 is 2.90 bits per heavy atom. The standard InChI is InChI=1S/C13H21N5OS/c14-9-4-6-18(7-9)13-17-11(15)10(20-13)12(19)16-5-3-8-1-2-8/h8-9H,1-7,14-15H2,(H,16,19). The lowest BCUT2D eigenvalue weighted by Crippen LogP contribution is -2.26. The minimum absolute atomic E-state index is 0.101. The summed E-state index contributed by atoms with van der Waals surface area (Å²) in [6, 6.07) is 0.191. The number of amides is 1. The van der Waals surface area contributed by atoms with Crippen LogP contribution in [-0.2, 0) is 0 Å². The van der Waals surface area contributed by atoms with Crippen LogP contribution in [0.25, 0.3) is 0 Å². The van der Waals surface area contributed by atoms with Crippen LogP contribution in [0.1, 0.15) is 35.4 Å². The lowest BCUT2D eigenvalue weighted by Gasteiger charge is -2.12. The topological polar surface area (TPSA) is 97.3 Å². The molecule has 1 saturated carbocycles. The first-order chi connectivity index (χ1) is 9.63. The first-order valence-electron chi connectivity index (χ1n) is 7.18. The third kappa shape index (κ3) is 3.04. The van der Waals surface area contributed by atoms with Crippen LogP contribution >= 0.6 is 11.3 Å². The van der Waals surface area contributed by atoms with Gasteiger partial charge in [-0.25, -0.2) is 4.98 Å². The largest absolute Gasteiger partial charge is 0.382 e. The average molecular weight is 295 g/mol. The molecule has 1 aliphatic heterocycles. The van der Waals surface area contributed by atoms with E-state index in [0.717, 1.165) is 43.5 Å². The van der Waals surface area contributed by atoms with Crippen LogP contribution in [0, 0.1) is 5.92 Å². The second kappa shape index (κ2) is 5.57. The molecule has 6 nitrogen and oxygen atoms in total. The highest BCUT2D eigenvalue weighted by Gasteiger charge is 2.25. The van der Waals surface area contributed by atoms with Gasteiger partial charge in [-0.2, -0.15) is 0 Å². The van der Waals surface area contributed by atoms with Crippen LogP contribution in [0.2, 0.25) is 0 Å². The Bertz CT molecular complexity index is 499. The van der Waals surface area contributed by atoms with Crippen LogP contribution in [0.3, 0.4) is 0 Å². The summed E-state index contributed by atoms with van der Waals surface area (Å²) in [6.07, 6.45) is 4.64. The van der Waals surface area contributed by atoms with E-state index in [1.165, 1.54) is 24.2 Å². The van der Waals surface area contributed by atoms with Crippen molar-refractivity contribution in [1.82, 2.24) is 10.3 Å². The van der Waals surface area contributed by atoms with Crippen molar-refractivity contribution in [3.05, 3.63) is 4.88 Å². The molecule has 7 heteroatoms. The number of carbonyl (C=O) groups excluding carboxylic acids is 1. The van der Waals surface area contributed by atoms with E-state index >= 15 is 0 Å². The summed E-state index contributed by atoms with van der Waals surface area (Å²) < 4.78 is 0. The summed E-state index contributed by atoms with van der Waals surface area (Å²) in [5, 5.41) is 3.74. The third-order valence-corrected chi connectivity index (χ3v) is 5.01. The Hall–Kier alpha value is -1.34. The molecule has 2 heterocycles. The molecule has 5 N–H and O–H groups in total. The highest BCUT2D eigenvalue weighted by Crippen LogP contribution is 2.32. The monoisotopic (exact) mass is 295 g/mol. The fourth-order valence-electron chi connectivity index (χ4n) is 2.46. The predicted molar refractivity (Wildman–Crippen MR) is 81.0 cm³/mol. The first-order valence-corrected chi connectivity index (χ1v) is 8.00. The smallest absolute Gasteiger partial charge is 0.265 e. The third-order valence-electron chi connectivity index (χ3n) is 3.88. The molecule has 1 atom stereocenters. The van der Waals surface area contributed by atoms with E-state index in [-0.39, 0.29) is 11.9 Å². The molecular weight excluding hydrogens is 274 g/mol. The maximum absolute atomic E-state index is 12.1. The molecule has 1 amide bonds. The number of aromatic nitrogens is 1. The van der Waals surface area contributed by atoms with Gasteiger partial charge in [0.25, 0.3) is 5.91 Å². The molecule has 110 valence electrons. The van der Waals surface area contributed by atoms with E-state index in [4.69, 9.17) is 11.5 Å². The maximum atomic E-state index is 12.1. The number of nitrogens with two attached hydrogens (primary N) is 2. The maximum Gasteiger partial charge on any atom is 0.265 e. The van der Waals surface area contributed by atoms with Gasteiger partial charge in [-0.3, -0.25) is 4.79 Å². The van der Waals surface area contributed by atoms with Crippen LogP contribution < -0.4 is 21.7 Å². The molecule has 2 aliphatic rings. The second-order valence-corrected chi connectivity index (χ2v) is 6.67. The molecule has 3 rings (SSSR count). The number of nitrogens with zero attached hydrogens (tertiary/aromatic N) is 2. The molecule has 0 radical (unpaired) electrons. The van der Waals surface area contributed by atoms with Gasteiger partial charge in [0, 0.05) is 25.7 Å². The van der Waals surface area contributed by atoms with Gasteiger partial charge in [0.05, 0.1) is 0 Å². The molecule has 1 aliphatic carbocycles. The van der Waals surface area contributed by atoms with Crippen molar-refractivity contribution in [2.24, 2.45) is 11.7 Å². The van der Waals surface area contributed by atoms with Crippen molar-refractivity contribution in [1.29, 1.82) is 0 Å². The minimum Gasteiger partial charge on any atom is -0.382 e. The summed E-state index contributed by atoms with van der Waals surface area (Å²) in [6.45, 7) is 2.40. The van der Waals surface area contributed by atoms with Crippen molar-refractivity contribution in [3.8, 4) is 0 Å². The Morgan fingerprint density at radius 2 is 2.25 bits per heavy atom. The van der Waals surface area contributed by atoms with Crippen LogP contribution in [0.5, 0.6) is 0 Å². The molecule has 1 aromatic rings. The molecule has 0 spiro atoms. The van der Waals surface area contributed by atoms with Crippen molar-refractivity contribution in [3.63, 3.8) is 0 Å². The molecular formula is C13H21N5OS. The lowest BCUT2D eigenvalue weighted by molar-refractivity contribution is 0.0957. The Balaban J connectivity index is 1.60. The van der Waals surface area contributed by atoms with E-state index < -0.39 is 0 Å². The van der Waals surface area contributed by atoms with Crippen molar-refractivity contribution < 1.29 is 4.79 Å². The van der Waals surface area contributed by atoms with Gasteiger partial charge in [0.1, 0.15) is 10.7 Å². The zero-order valence-electron chi connectivity index (χ0n) is 11.5. The molecule has 0 aromatic carbocycles. The number of nitrogens with one attached hydrogen (secondary N) is 1. The number of carbonyl (C=O) groups is 1. The zero-order valence-corrected chi connectivity index (χ0v) is 12.3. The predicted octanol–water partition coefficient (Wildman–Crippen LogP) is 0.793. The molecule has 0 bridgehead atoms. The van der Waals surface area contributed by atoms with Crippen molar-refractivity contribution in [2.45, 2.75) is 31.7 Å². The summed E-state index contributed by atoms with van der Waals surface area (Å²) in [5.41, 5.74) is 11.8. The lowest BCUT2D eigenvalue weighted by atomic mass is 10.3. The van der Waals surface area contributed by atoms with Crippen LogP contribution in [0.15, 0.2) is 0 Å². The van der Waals surface area contributed by atoms with E-state index in [2.05, 4.69) is 15.2 Å².